The number of fused-ring (bicyclic) bond motifs is 1. The van der Waals surface area contributed by atoms with Crippen molar-refractivity contribution >= 4 is 34.4 Å². The van der Waals surface area contributed by atoms with Gasteiger partial charge in [0.2, 0.25) is 5.95 Å². The van der Waals surface area contributed by atoms with Gasteiger partial charge in [0, 0.05) is 11.1 Å². The van der Waals surface area contributed by atoms with E-state index in [-0.39, 0.29) is 12.6 Å². The smallest absolute Gasteiger partial charge is 0.263 e. The van der Waals surface area contributed by atoms with Gasteiger partial charge in [-0.15, -0.1) is 0 Å². The van der Waals surface area contributed by atoms with Gasteiger partial charge in [-0.05, 0) is 62.4 Å². The summed E-state index contributed by atoms with van der Waals surface area (Å²) < 4.78 is 13.9. The number of nitrogens with one attached hydrogen (secondary N) is 2. The normalized spacial score (nSPS) is 11.0. The van der Waals surface area contributed by atoms with Gasteiger partial charge in [0.25, 0.3) is 11.5 Å². The van der Waals surface area contributed by atoms with Crippen LogP contribution in [0.4, 0.5) is 5.82 Å². The summed E-state index contributed by atoms with van der Waals surface area (Å²) in [5.41, 5.74) is 1.21. The lowest BCUT2D eigenvalue weighted by Gasteiger charge is -2.10. The van der Waals surface area contributed by atoms with Crippen molar-refractivity contribution in [2.75, 3.05) is 18.5 Å². The van der Waals surface area contributed by atoms with E-state index < -0.39 is 11.5 Å². The number of anilines is 1. The topological polar surface area (TPSA) is 129 Å². The molecule has 0 saturated carbocycles. The lowest BCUT2D eigenvalue weighted by Crippen LogP contribution is -2.23. The second-order valence-electron chi connectivity index (χ2n) is 7.98. The van der Waals surface area contributed by atoms with Gasteiger partial charge in [0.05, 0.1) is 24.2 Å². The molecule has 0 radical (unpaired) electrons. The summed E-state index contributed by atoms with van der Waals surface area (Å²) in [6, 6.07) is 15.6. The first-order chi connectivity index (χ1) is 17.9. The van der Waals surface area contributed by atoms with Crippen LogP contribution in [0, 0.1) is 6.92 Å². The van der Waals surface area contributed by atoms with Gasteiger partial charge in [0.15, 0.2) is 12.3 Å². The van der Waals surface area contributed by atoms with E-state index in [1.807, 2.05) is 6.92 Å². The van der Waals surface area contributed by atoms with Crippen LogP contribution in [0.5, 0.6) is 11.5 Å². The summed E-state index contributed by atoms with van der Waals surface area (Å²) in [5, 5.41) is 12.3. The Labute approximate surface area is 215 Å². The second kappa shape index (κ2) is 10.2. The molecule has 5 rings (SSSR count). The Kier molecular flexibility index (Phi) is 6.60. The molecule has 11 nitrogen and oxygen atoms in total. The number of halogens is 1. The zero-order chi connectivity index (χ0) is 25.9. The van der Waals surface area contributed by atoms with Gasteiger partial charge in [-0.3, -0.25) is 14.6 Å². The molecule has 2 N–H and O–H groups in total. The number of rotatable bonds is 8. The van der Waals surface area contributed by atoms with E-state index >= 15 is 0 Å². The third-order valence-electron chi connectivity index (χ3n) is 5.30. The van der Waals surface area contributed by atoms with Crippen LogP contribution >= 0.6 is 11.6 Å². The van der Waals surface area contributed by atoms with Gasteiger partial charge >= 0.3 is 0 Å². The van der Waals surface area contributed by atoms with E-state index in [9.17, 15) is 9.59 Å². The minimum atomic E-state index is -0.412. The maximum absolute atomic E-state index is 12.8. The number of carbonyl (C=O) groups excluding carboxylic acids is 1. The highest BCUT2D eigenvalue weighted by molar-refractivity contribution is 6.30. The molecule has 5 aromatic rings. The lowest BCUT2D eigenvalue weighted by atomic mass is 10.3. The van der Waals surface area contributed by atoms with Crippen LogP contribution in [0.15, 0.2) is 65.6 Å². The maximum Gasteiger partial charge on any atom is 0.263 e. The fourth-order valence-corrected chi connectivity index (χ4v) is 3.78. The summed E-state index contributed by atoms with van der Waals surface area (Å²) in [4.78, 5) is 32.7. The summed E-state index contributed by atoms with van der Waals surface area (Å²) in [6.07, 6.45) is 1.44. The molecule has 12 heteroatoms. The molecule has 1 amide bonds. The highest BCUT2D eigenvalue weighted by Crippen LogP contribution is 2.20. The van der Waals surface area contributed by atoms with Crippen LogP contribution < -0.4 is 20.3 Å². The Morgan fingerprint density at radius 3 is 2.46 bits per heavy atom. The number of aryl methyl sites for hydroxylation is 1. The summed E-state index contributed by atoms with van der Waals surface area (Å²) >= 11 is 6.00. The number of ether oxygens (including phenoxy) is 2. The molecule has 0 aliphatic rings. The lowest BCUT2D eigenvalue weighted by molar-refractivity contribution is -0.118. The minimum Gasteiger partial charge on any atom is -0.494 e. The number of nitrogens with zero attached hydrogens (tertiary/aromatic N) is 5. The van der Waals surface area contributed by atoms with Crippen LogP contribution in [-0.4, -0.2) is 48.6 Å². The number of aromatic nitrogens is 6. The number of amides is 1. The molecular formula is C25H22ClN7O4. The molecule has 0 saturated heterocycles. The van der Waals surface area contributed by atoms with Crippen molar-refractivity contribution in [2.45, 2.75) is 13.8 Å². The third kappa shape index (κ3) is 5.16. The Morgan fingerprint density at radius 1 is 1.05 bits per heavy atom. The van der Waals surface area contributed by atoms with Crippen molar-refractivity contribution in [3.8, 4) is 23.1 Å². The van der Waals surface area contributed by atoms with E-state index in [2.05, 4.69) is 25.5 Å². The molecule has 0 fully saturated rings. The number of benzene rings is 2. The summed E-state index contributed by atoms with van der Waals surface area (Å²) in [5.74, 6) is 1.26. The number of hydrogen-bond donors (Lipinski definition) is 2. The molecule has 0 bridgehead atoms. The predicted molar refractivity (Wildman–Crippen MR) is 138 cm³/mol. The molecule has 37 heavy (non-hydrogen) atoms. The summed E-state index contributed by atoms with van der Waals surface area (Å²) in [7, 11) is 0. The van der Waals surface area contributed by atoms with Crippen molar-refractivity contribution in [2.24, 2.45) is 0 Å². The molecule has 2 aromatic carbocycles. The predicted octanol–water partition coefficient (Wildman–Crippen LogP) is 3.67. The Morgan fingerprint density at radius 2 is 1.76 bits per heavy atom. The van der Waals surface area contributed by atoms with E-state index in [1.165, 1.54) is 15.6 Å². The van der Waals surface area contributed by atoms with Crippen molar-refractivity contribution in [3.63, 3.8) is 0 Å². The zero-order valence-corrected chi connectivity index (χ0v) is 20.7. The highest BCUT2D eigenvalue weighted by Gasteiger charge is 2.17. The monoisotopic (exact) mass is 519 g/mol. The first kappa shape index (κ1) is 24.1. The number of aromatic amines is 1. The number of H-pyrrole nitrogens is 1. The van der Waals surface area contributed by atoms with Gasteiger partial charge < -0.3 is 14.8 Å². The largest absolute Gasteiger partial charge is 0.494 e. The van der Waals surface area contributed by atoms with E-state index in [1.54, 1.807) is 61.5 Å². The van der Waals surface area contributed by atoms with Gasteiger partial charge in [-0.25, -0.2) is 4.68 Å². The number of carbonyl (C=O) groups is 1. The fourth-order valence-electron chi connectivity index (χ4n) is 3.65. The zero-order valence-electron chi connectivity index (χ0n) is 19.9. The van der Waals surface area contributed by atoms with Crippen molar-refractivity contribution in [1.29, 1.82) is 0 Å². The Balaban J connectivity index is 1.39. The number of hydrogen-bond acceptors (Lipinski definition) is 7. The van der Waals surface area contributed by atoms with Gasteiger partial charge in [-0.2, -0.15) is 19.9 Å². The van der Waals surface area contributed by atoms with Crippen LogP contribution in [0.2, 0.25) is 5.02 Å². The molecular weight excluding hydrogens is 498 g/mol. The molecule has 0 aliphatic carbocycles. The Bertz CT molecular complexity index is 1620. The molecule has 3 aromatic heterocycles. The van der Waals surface area contributed by atoms with E-state index in [0.29, 0.717) is 45.6 Å². The Hall–Kier alpha value is -4.64. The quantitative estimate of drug-likeness (QED) is 0.320. The van der Waals surface area contributed by atoms with Gasteiger partial charge in [-0.1, -0.05) is 11.6 Å². The highest BCUT2D eigenvalue weighted by atomic mass is 35.5. The molecule has 0 unspecified atom stereocenters. The van der Waals surface area contributed by atoms with Crippen molar-refractivity contribution in [3.05, 3.63) is 81.9 Å². The van der Waals surface area contributed by atoms with Crippen molar-refractivity contribution in [1.82, 2.24) is 29.5 Å². The van der Waals surface area contributed by atoms with Gasteiger partial charge in [0.1, 0.15) is 22.7 Å². The minimum absolute atomic E-state index is 0.115. The average Bonchev–Trinajstić information content (AvgIpc) is 3.48. The second-order valence-corrected chi connectivity index (χ2v) is 8.42. The first-order valence-corrected chi connectivity index (χ1v) is 11.8. The fraction of sp³-hybridized carbons (Fsp3) is 0.160. The van der Waals surface area contributed by atoms with Crippen LogP contribution in [-0.2, 0) is 4.79 Å². The average molecular weight is 520 g/mol. The molecule has 188 valence electrons. The molecule has 0 aliphatic heterocycles. The van der Waals surface area contributed by atoms with Crippen LogP contribution in [0.1, 0.15) is 12.6 Å². The van der Waals surface area contributed by atoms with Crippen LogP contribution in [0.3, 0.4) is 0 Å². The standard InChI is InChI=1S/C25H22ClN7O4/c1-3-36-18-8-10-19(11-9-18)37-14-22(34)28-21-12-15(2)31-33(21)25-29-23-20(24(35)30-25)13-27-32(23)17-6-4-16(26)5-7-17/h4-13H,3,14H2,1-2H3,(H,28,34)(H,29,30,35). The SMILES string of the molecule is CCOc1ccc(OCC(=O)Nc2cc(C)nn2-c2nc3c(cnn3-c3ccc(Cl)cc3)c(=O)[nH]2)cc1. The maximum atomic E-state index is 12.8. The van der Waals surface area contributed by atoms with Crippen LogP contribution in [0.25, 0.3) is 22.7 Å². The third-order valence-corrected chi connectivity index (χ3v) is 5.55. The van der Waals surface area contributed by atoms with E-state index in [0.717, 1.165) is 5.75 Å². The van der Waals surface area contributed by atoms with Crippen molar-refractivity contribution < 1.29 is 14.3 Å². The van der Waals surface area contributed by atoms with E-state index in [4.69, 9.17) is 21.1 Å². The molecule has 0 atom stereocenters. The molecule has 3 heterocycles. The molecule has 0 spiro atoms. The first-order valence-electron chi connectivity index (χ1n) is 11.4. The summed E-state index contributed by atoms with van der Waals surface area (Å²) in [6.45, 7) is 3.99.